The minimum Gasteiger partial charge on any atom is -0.383 e. The Morgan fingerprint density at radius 1 is 1.46 bits per heavy atom. The Morgan fingerprint density at radius 2 is 2.25 bits per heavy atom. The van der Waals surface area contributed by atoms with Crippen molar-refractivity contribution in [2.45, 2.75) is 13.5 Å². The molecule has 0 bridgehead atoms. The summed E-state index contributed by atoms with van der Waals surface area (Å²) in [5.41, 5.74) is 1.72. The maximum atomic E-state index is 11.7. The minimum atomic E-state index is -0.441. The van der Waals surface area contributed by atoms with Crippen LogP contribution in [0.15, 0.2) is 30.6 Å². The largest absolute Gasteiger partial charge is 0.383 e. The predicted molar refractivity (Wildman–Crippen MR) is 88.2 cm³/mol. The van der Waals surface area contributed by atoms with E-state index in [0.29, 0.717) is 24.5 Å². The topological polar surface area (TPSA) is 111 Å². The molecular weight excluding hydrogens is 314 g/mol. The molecule has 2 aromatic rings. The number of ether oxygens (including phenoxy) is 1. The zero-order chi connectivity index (χ0) is 17.5. The molecule has 0 unspecified atom stereocenters. The normalized spacial score (nSPS) is 10.4. The van der Waals surface area contributed by atoms with Gasteiger partial charge in [-0.3, -0.25) is 19.6 Å². The van der Waals surface area contributed by atoms with Gasteiger partial charge in [0.15, 0.2) is 0 Å². The van der Waals surface area contributed by atoms with Crippen LogP contribution >= 0.6 is 0 Å². The molecule has 0 saturated carbocycles. The molecule has 0 spiro atoms. The van der Waals surface area contributed by atoms with Crippen molar-refractivity contribution < 1.29 is 14.5 Å². The highest BCUT2D eigenvalue weighted by molar-refractivity contribution is 5.76. The monoisotopic (exact) mass is 333 g/mol. The van der Waals surface area contributed by atoms with Gasteiger partial charge in [0.25, 0.3) is 5.69 Å². The summed E-state index contributed by atoms with van der Waals surface area (Å²) in [5, 5.41) is 20.8. The first-order valence-electron chi connectivity index (χ1n) is 7.29. The smallest absolute Gasteiger partial charge is 0.292 e. The molecule has 24 heavy (non-hydrogen) atoms. The summed E-state index contributed by atoms with van der Waals surface area (Å²) in [6.07, 6.45) is 3.12. The number of carbonyl (C=O) groups is 1. The van der Waals surface area contributed by atoms with Crippen molar-refractivity contribution in [3.05, 3.63) is 46.3 Å². The van der Waals surface area contributed by atoms with Crippen LogP contribution in [0.2, 0.25) is 0 Å². The Balaban J connectivity index is 2.01. The van der Waals surface area contributed by atoms with Crippen LogP contribution in [0.4, 0.5) is 17.1 Å². The molecule has 0 aliphatic rings. The lowest BCUT2D eigenvalue weighted by Crippen LogP contribution is -2.30. The molecule has 128 valence electrons. The number of amides is 1. The molecule has 1 aromatic heterocycles. The number of aryl methyl sites for hydroxylation is 1. The lowest BCUT2D eigenvalue weighted by atomic mass is 10.2. The molecule has 0 radical (unpaired) electrons. The predicted octanol–water partition coefficient (Wildman–Crippen LogP) is 1.61. The second kappa shape index (κ2) is 8.06. The summed E-state index contributed by atoms with van der Waals surface area (Å²) in [7, 11) is 1.56. The van der Waals surface area contributed by atoms with E-state index < -0.39 is 4.92 Å². The van der Waals surface area contributed by atoms with Crippen molar-refractivity contribution >= 4 is 23.0 Å². The maximum absolute atomic E-state index is 11.7. The van der Waals surface area contributed by atoms with Gasteiger partial charge in [0.05, 0.1) is 23.4 Å². The summed E-state index contributed by atoms with van der Waals surface area (Å²) in [5.74, 6) is -0.192. The number of nitrogens with zero attached hydrogens (tertiary/aromatic N) is 3. The summed E-state index contributed by atoms with van der Waals surface area (Å²) >= 11 is 0. The van der Waals surface area contributed by atoms with E-state index in [1.807, 2.05) is 0 Å². The Kier molecular flexibility index (Phi) is 5.85. The van der Waals surface area contributed by atoms with Gasteiger partial charge in [-0.2, -0.15) is 5.10 Å². The molecule has 9 heteroatoms. The lowest BCUT2D eigenvalue weighted by molar-refractivity contribution is -0.384. The Morgan fingerprint density at radius 3 is 2.96 bits per heavy atom. The molecule has 0 fully saturated rings. The molecule has 1 aromatic carbocycles. The number of anilines is 2. The number of hydrogen-bond donors (Lipinski definition) is 2. The third-order valence-corrected chi connectivity index (χ3v) is 3.20. The number of nitro groups is 1. The number of aromatic nitrogens is 2. The number of carbonyl (C=O) groups excluding carboxylic acids is 1. The van der Waals surface area contributed by atoms with Gasteiger partial charge >= 0.3 is 0 Å². The standard InChI is InChI=1S/C15H19N5O4/c1-11-3-4-13(14(7-11)20(22)23)18-12-8-17-19(9-12)10-15(21)16-5-6-24-2/h3-4,7-9,18H,5-6,10H2,1-2H3,(H,16,21). The van der Waals surface area contributed by atoms with Crippen LogP contribution in [-0.4, -0.2) is 40.9 Å². The van der Waals surface area contributed by atoms with E-state index in [-0.39, 0.29) is 18.1 Å². The third kappa shape index (κ3) is 4.78. The molecule has 0 aliphatic heterocycles. The average Bonchev–Trinajstić information content (AvgIpc) is 2.96. The van der Waals surface area contributed by atoms with E-state index in [1.165, 1.54) is 16.9 Å². The molecule has 0 atom stereocenters. The van der Waals surface area contributed by atoms with Crippen LogP contribution in [0, 0.1) is 17.0 Å². The fourth-order valence-corrected chi connectivity index (χ4v) is 2.06. The molecule has 2 N–H and O–H groups in total. The summed E-state index contributed by atoms with van der Waals surface area (Å²) in [6, 6.07) is 4.92. The second-order valence-corrected chi connectivity index (χ2v) is 5.17. The number of nitro benzene ring substituents is 1. The minimum absolute atomic E-state index is 0.0138. The zero-order valence-electron chi connectivity index (χ0n) is 13.5. The Bertz CT molecular complexity index is 728. The van der Waals surface area contributed by atoms with Gasteiger partial charge in [-0.05, 0) is 18.6 Å². The number of benzene rings is 1. The van der Waals surface area contributed by atoms with E-state index in [9.17, 15) is 14.9 Å². The van der Waals surface area contributed by atoms with Gasteiger partial charge in [0.2, 0.25) is 5.91 Å². The average molecular weight is 333 g/mol. The van der Waals surface area contributed by atoms with E-state index in [2.05, 4.69) is 15.7 Å². The number of hydrogen-bond acceptors (Lipinski definition) is 6. The van der Waals surface area contributed by atoms with E-state index in [1.54, 1.807) is 32.4 Å². The highest BCUT2D eigenvalue weighted by Crippen LogP contribution is 2.28. The maximum Gasteiger partial charge on any atom is 0.292 e. The number of nitrogens with one attached hydrogen (secondary N) is 2. The Labute approximate surface area is 138 Å². The molecule has 9 nitrogen and oxygen atoms in total. The van der Waals surface area contributed by atoms with Crippen LogP contribution < -0.4 is 10.6 Å². The van der Waals surface area contributed by atoms with E-state index >= 15 is 0 Å². The first-order valence-corrected chi connectivity index (χ1v) is 7.29. The second-order valence-electron chi connectivity index (χ2n) is 5.17. The summed E-state index contributed by atoms with van der Waals surface area (Å²) < 4.78 is 6.30. The van der Waals surface area contributed by atoms with Crippen LogP contribution in [0.5, 0.6) is 0 Å². The van der Waals surface area contributed by atoms with Crippen molar-refractivity contribution in [1.82, 2.24) is 15.1 Å². The lowest BCUT2D eigenvalue weighted by Gasteiger charge is -2.06. The van der Waals surface area contributed by atoms with E-state index in [4.69, 9.17) is 4.74 Å². The fraction of sp³-hybridized carbons (Fsp3) is 0.333. The van der Waals surface area contributed by atoms with Crippen molar-refractivity contribution in [3.63, 3.8) is 0 Å². The molecule has 0 aliphatic carbocycles. The highest BCUT2D eigenvalue weighted by atomic mass is 16.6. The zero-order valence-corrected chi connectivity index (χ0v) is 13.5. The molecule has 2 rings (SSSR count). The summed E-state index contributed by atoms with van der Waals surface area (Å²) in [4.78, 5) is 22.4. The van der Waals surface area contributed by atoms with Crippen molar-refractivity contribution in [2.75, 3.05) is 25.6 Å². The molecule has 1 amide bonds. The number of rotatable bonds is 8. The van der Waals surface area contributed by atoms with Crippen molar-refractivity contribution in [1.29, 1.82) is 0 Å². The van der Waals surface area contributed by atoms with Crippen molar-refractivity contribution in [3.8, 4) is 0 Å². The van der Waals surface area contributed by atoms with Crippen LogP contribution in [0.25, 0.3) is 0 Å². The number of methoxy groups -OCH3 is 1. The van der Waals surface area contributed by atoms with Gasteiger partial charge in [-0.25, -0.2) is 0 Å². The first kappa shape index (κ1) is 17.4. The van der Waals surface area contributed by atoms with Crippen LogP contribution in [0.1, 0.15) is 5.56 Å². The molecular formula is C15H19N5O4. The molecule has 1 heterocycles. The van der Waals surface area contributed by atoms with Gasteiger partial charge in [0.1, 0.15) is 12.2 Å². The quantitative estimate of drug-likeness (QED) is 0.431. The fourth-order valence-electron chi connectivity index (χ4n) is 2.06. The molecule has 0 saturated heterocycles. The van der Waals surface area contributed by atoms with Gasteiger partial charge < -0.3 is 15.4 Å². The van der Waals surface area contributed by atoms with Crippen LogP contribution in [0.3, 0.4) is 0 Å². The third-order valence-electron chi connectivity index (χ3n) is 3.20. The van der Waals surface area contributed by atoms with Gasteiger partial charge in [0, 0.05) is 25.9 Å². The van der Waals surface area contributed by atoms with Gasteiger partial charge in [-0.1, -0.05) is 6.07 Å². The first-order chi connectivity index (χ1) is 11.5. The summed E-state index contributed by atoms with van der Waals surface area (Å²) in [6.45, 7) is 2.71. The van der Waals surface area contributed by atoms with Crippen LogP contribution in [-0.2, 0) is 16.1 Å². The van der Waals surface area contributed by atoms with Crippen molar-refractivity contribution in [2.24, 2.45) is 0 Å². The highest BCUT2D eigenvalue weighted by Gasteiger charge is 2.14. The SMILES string of the molecule is COCCNC(=O)Cn1cc(Nc2ccc(C)cc2[N+](=O)[O-])cn1. The van der Waals surface area contributed by atoms with E-state index in [0.717, 1.165) is 5.56 Å². The Hall–Kier alpha value is -2.94. The van der Waals surface area contributed by atoms with Gasteiger partial charge in [-0.15, -0.1) is 0 Å².